The number of aromatic nitrogens is 2. The topological polar surface area (TPSA) is 64.0 Å². The molecule has 31 heavy (non-hydrogen) atoms. The summed E-state index contributed by atoms with van der Waals surface area (Å²) < 4.78 is 40.1. The molecule has 0 spiro atoms. The van der Waals surface area contributed by atoms with Crippen molar-refractivity contribution in [3.8, 4) is 11.4 Å². The molecule has 0 saturated heterocycles. The lowest BCUT2D eigenvalue weighted by molar-refractivity contribution is -0.137. The molecule has 3 rings (SSSR count). The summed E-state index contributed by atoms with van der Waals surface area (Å²) >= 11 is 12.0. The molecular weight excluding hydrogens is 454 g/mol. The molecule has 0 fully saturated rings. The van der Waals surface area contributed by atoms with E-state index < -0.39 is 29.8 Å². The van der Waals surface area contributed by atoms with Gasteiger partial charge in [-0.25, -0.2) is 4.98 Å². The van der Waals surface area contributed by atoms with Gasteiger partial charge in [0.1, 0.15) is 12.4 Å². The molecule has 0 aliphatic rings. The number of rotatable bonds is 4. The molecule has 2 aromatic carbocycles. The van der Waals surface area contributed by atoms with Gasteiger partial charge < -0.3 is 5.32 Å². The van der Waals surface area contributed by atoms with E-state index in [9.17, 15) is 22.8 Å². The van der Waals surface area contributed by atoms with E-state index >= 15 is 0 Å². The molecule has 0 unspecified atom stereocenters. The number of alkyl halides is 3. The first-order valence-electron chi connectivity index (χ1n) is 8.98. The number of carbonyl (C=O) groups excluding carboxylic acids is 1. The van der Waals surface area contributed by atoms with Gasteiger partial charge in [-0.1, -0.05) is 35.3 Å². The number of benzene rings is 2. The lowest BCUT2D eigenvalue weighted by atomic mass is 10.1. The molecular formula is C21H16Cl2F3N3O2. The Morgan fingerprint density at radius 1 is 1.13 bits per heavy atom. The Hall–Kier alpha value is -2.84. The number of nitrogens with zero attached hydrogens (tertiary/aromatic N) is 2. The number of nitrogens with one attached hydrogen (secondary N) is 1. The Bertz CT molecular complexity index is 1220. The minimum atomic E-state index is -4.60. The number of halogens is 5. The smallest absolute Gasteiger partial charge is 0.323 e. The minimum Gasteiger partial charge on any atom is -0.323 e. The highest BCUT2D eigenvalue weighted by Gasteiger charge is 2.31. The van der Waals surface area contributed by atoms with Crippen LogP contribution in [0.2, 0.25) is 10.0 Å². The largest absolute Gasteiger partial charge is 0.416 e. The van der Waals surface area contributed by atoms with Crippen LogP contribution in [-0.4, -0.2) is 15.5 Å². The lowest BCUT2D eigenvalue weighted by Gasteiger charge is -2.16. The zero-order valence-electron chi connectivity index (χ0n) is 16.3. The fraction of sp³-hybridized carbons (Fsp3) is 0.190. The van der Waals surface area contributed by atoms with Crippen LogP contribution in [0.15, 0.2) is 47.3 Å². The second kappa shape index (κ2) is 8.72. The summed E-state index contributed by atoms with van der Waals surface area (Å²) in [6.07, 6.45) is -4.60. The third-order valence-corrected chi connectivity index (χ3v) is 5.15. The van der Waals surface area contributed by atoms with Gasteiger partial charge in [0, 0.05) is 21.8 Å². The zero-order chi connectivity index (χ0) is 22.9. The molecule has 0 bridgehead atoms. The van der Waals surface area contributed by atoms with Crippen molar-refractivity contribution in [2.45, 2.75) is 26.6 Å². The van der Waals surface area contributed by atoms with Crippen LogP contribution < -0.4 is 10.9 Å². The van der Waals surface area contributed by atoms with E-state index in [1.807, 2.05) is 0 Å². The Morgan fingerprint density at radius 2 is 1.84 bits per heavy atom. The van der Waals surface area contributed by atoms with Crippen LogP contribution in [0.3, 0.4) is 0 Å². The van der Waals surface area contributed by atoms with E-state index in [-0.39, 0.29) is 16.5 Å². The third kappa shape index (κ3) is 5.08. The number of anilines is 1. The second-order valence-corrected chi connectivity index (χ2v) is 7.63. The maximum Gasteiger partial charge on any atom is 0.416 e. The maximum absolute atomic E-state index is 13.0. The summed E-state index contributed by atoms with van der Waals surface area (Å²) in [7, 11) is 0. The summed E-state index contributed by atoms with van der Waals surface area (Å²) in [6, 6.07) is 9.19. The van der Waals surface area contributed by atoms with E-state index in [0.29, 0.717) is 21.8 Å². The summed E-state index contributed by atoms with van der Waals surface area (Å²) in [6.45, 7) is 2.75. The van der Waals surface area contributed by atoms with E-state index in [2.05, 4.69) is 10.3 Å². The highest BCUT2D eigenvalue weighted by atomic mass is 35.5. The van der Waals surface area contributed by atoms with Crippen LogP contribution in [0.25, 0.3) is 11.4 Å². The average molecular weight is 470 g/mol. The van der Waals surface area contributed by atoms with Gasteiger partial charge in [-0.2, -0.15) is 13.2 Å². The average Bonchev–Trinajstić information content (AvgIpc) is 2.69. The molecule has 3 aromatic rings. The van der Waals surface area contributed by atoms with Crippen LogP contribution in [0.4, 0.5) is 18.9 Å². The Balaban J connectivity index is 1.99. The molecule has 0 aliphatic heterocycles. The molecule has 1 heterocycles. The summed E-state index contributed by atoms with van der Waals surface area (Å²) in [5.74, 6) is -0.530. The third-order valence-electron chi connectivity index (χ3n) is 4.59. The van der Waals surface area contributed by atoms with E-state index in [1.165, 1.54) is 0 Å². The van der Waals surface area contributed by atoms with Crippen LogP contribution in [0, 0.1) is 13.8 Å². The number of aryl methyl sites for hydroxylation is 1. The highest BCUT2D eigenvalue weighted by molar-refractivity contribution is 6.33. The van der Waals surface area contributed by atoms with Gasteiger partial charge in [0.25, 0.3) is 5.56 Å². The van der Waals surface area contributed by atoms with Crippen molar-refractivity contribution in [2.24, 2.45) is 0 Å². The molecule has 1 amide bonds. The Labute approximate surface area is 185 Å². The molecule has 1 aromatic heterocycles. The molecule has 0 radical (unpaired) electrons. The molecule has 10 heteroatoms. The molecule has 0 saturated carbocycles. The fourth-order valence-corrected chi connectivity index (χ4v) is 3.24. The number of hydrogen-bond acceptors (Lipinski definition) is 3. The minimum absolute atomic E-state index is 0.0676. The van der Waals surface area contributed by atoms with Gasteiger partial charge in [-0.3, -0.25) is 14.2 Å². The van der Waals surface area contributed by atoms with Crippen LogP contribution in [0.1, 0.15) is 16.8 Å². The predicted octanol–water partition coefficient (Wildman–Crippen LogP) is 5.49. The van der Waals surface area contributed by atoms with Gasteiger partial charge in [-0.05, 0) is 44.2 Å². The lowest BCUT2D eigenvalue weighted by Crippen LogP contribution is -2.31. The second-order valence-electron chi connectivity index (χ2n) is 6.79. The van der Waals surface area contributed by atoms with Crippen molar-refractivity contribution in [3.05, 3.63) is 79.7 Å². The first-order valence-corrected chi connectivity index (χ1v) is 9.73. The molecule has 0 aliphatic carbocycles. The molecule has 1 N–H and O–H groups in total. The van der Waals surface area contributed by atoms with Crippen molar-refractivity contribution >= 4 is 34.8 Å². The first-order chi connectivity index (χ1) is 14.5. The highest BCUT2D eigenvalue weighted by Crippen LogP contribution is 2.33. The summed E-state index contributed by atoms with van der Waals surface area (Å²) in [4.78, 5) is 29.9. The van der Waals surface area contributed by atoms with Gasteiger partial charge in [0.05, 0.1) is 16.3 Å². The quantitative estimate of drug-likeness (QED) is 0.549. The Kier molecular flexibility index (Phi) is 6.43. The number of hydrogen-bond donors (Lipinski definition) is 1. The van der Waals surface area contributed by atoms with Gasteiger partial charge >= 0.3 is 6.18 Å². The normalized spacial score (nSPS) is 11.5. The number of carbonyl (C=O) groups is 1. The summed E-state index contributed by atoms with van der Waals surface area (Å²) in [5.41, 5.74) is -0.286. The van der Waals surface area contributed by atoms with Crippen LogP contribution in [0.5, 0.6) is 0 Å². The first kappa shape index (κ1) is 22.8. The zero-order valence-corrected chi connectivity index (χ0v) is 17.9. The van der Waals surface area contributed by atoms with E-state index in [1.54, 1.807) is 38.1 Å². The van der Waals surface area contributed by atoms with Gasteiger partial charge in [0.2, 0.25) is 5.91 Å². The van der Waals surface area contributed by atoms with Crippen LogP contribution >= 0.6 is 23.2 Å². The van der Waals surface area contributed by atoms with E-state index in [4.69, 9.17) is 23.2 Å². The van der Waals surface area contributed by atoms with E-state index in [0.717, 1.165) is 22.8 Å². The van der Waals surface area contributed by atoms with Crippen molar-refractivity contribution < 1.29 is 18.0 Å². The van der Waals surface area contributed by atoms with Crippen molar-refractivity contribution in [1.29, 1.82) is 0 Å². The maximum atomic E-state index is 13.0. The fourth-order valence-electron chi connectivity index (χ4n) is 2.88. The molecule has 0 atom stereocenters. The monoisotopic (exact) mass is 469 g/mol. The van der Waals surface area contributed by atoms with Crippen LogP contribution in [-0.2, 0) is 17.5 Å². The number of amides is 1. The molecule has 5 nitrogen and oxygen atoms in total. The standard InChI is InChI=1S/C21H16Cl2F3N3O2/c1-11-12(2)27-19(13-4-3-5-15(22)8-13)29(20(11)31)10-18(30)28-17-9-14(21(24,25)26)6-7-16(17)23/h3-9H,10H2,1-2H3,(H,28,30). The summed E-state index contributed by atoms with van der Waals surface area (Å²) in [5, 5.41) is 2.68. The Morgan fingerprint density at radius 3 is 2.48 bits per heavy atom. The van der Waals surface area contributed by atoms with Crippen molar-refractivity contribution in [3.63, 3.8) is 0 Å². The van der Waals surface area contributed by atoms with Gasteiger partial charge in [-0.15, -0.1) is 0 Å². The SMILES string of the molecule is Cc1nc(-c2cccc(Cl)c2)n(CC(=O)Nc2cc(C(F)(F)F)ccc2Cl)c(=O)c1C. The predicted molar refractivity (Wildman–Crippen MR) is 114 cm³/mol. The van der Waals surface area contributed by atoms with Crippen molar-refractivity contribution in [2.75, 3.05) is 5.32 Å². The van der Waals surface area contributed by atoms with Gasteiger partial charge in [0.15, 0.2) is 0 Å². The van der Waals surface area contributed by atoms with Crippen molar-refractivity contribution in [1.82, 2.24) is 9.55 Å². The molecule has 162 valence electrons.